The molecule has 0 bridgehead atoms. The zero-order chi connectivity index (χ0) is 19.9. The first-order valence-corrected chi connectivity index (χ1v) is 10.3. The van der Waals surface area contributed by atoms with Gasteiger partial charge in [-0.25, -0.2) is 4.39 Å². The average molecular weight is 514 g/mol. The monoisotopic (exact) mass is 514 g/mol. The van der Waals surface area contributed by atoms with Crippen molar-refractivity contribution in [3.05, 3.63) is 46.8 Å². The number of nitrogens with one attached hydrogen (secondary N) is 2. The van der Waals surface area contributed by atoms with Gasteiger partial charge >= 0.3 is 0 Å². The molecule has 8 heteroatoms. The number of nitrogens with zero attached hydrogens (tertiary/aromatic N) is 4. The lowest BCUT2D eigenvalue weighted by Gasteiger charge is -2.18. The number of aliphatic imine (C=N–C) groups is 1. The quantitative estimate of drug-likeness (QED) is 0.349. The van der Waals surface area contributed by atoms with Crippen LogP contribution in [0.3, 0.4) is 0 Å². The molecule has 2 N–H and O–H groups in total. The summed E-state index contributed by atoms with van der Waals surface area (Å²) in [4.78, 5) is 4.69. The van der Waals surface area contributed by atoms with E-state index in [-0.39, 0.29) is 35.8 Å². The number of aryl methyl sites for hydroxylation is 2. The summed E-state index contributed by atoms with van der Waals surface area (Å²) in [5.74, 6) is 2.67. The summed E-state index contributed by atoms with van der Waals surface area (Å²) in [6.45, 7) is 8.22. The number of guanidine groups is 1. The number of fused-ring (bicyclic) bond motifs is 1. The highest BCUT2D eigenvalue weighted by Gasteiger charge is 2.14. The van der Waals surface area contributed by atoms with Gasteiger partial charge < -0.3 is 15.2 Å². The number of hydrogen-bond acceptors (Lipinski definition) is 3. The summed E-state index contributed by atoms with van der Waals surface area (Å²) < 4.78 is 16.1. The van der Waals surface area contributed by atoms with Crippen LogP contribution in [-0.4, -0.2) is 33.8 Å². The van der Waals surface area contributed by atoms with Gasteiger partial charge in [-0.15, -0.1) is 34.2 Å². The van der Waals surface area contributed by atoms with Crippen LogP contribution in [0.15, 0.2) is 23.2 Å². The van der Waals surface area contributed by atoms with E-state index in [4.69, 9.17) is 0 Å². The predicted molar refractivity (Wildman–Crippen MR) is 125 cm³/mol. The third-order valence-corrected chi connectivity index (χ3v) is 5.18. The molecular weight excluding hydrogens is 482 g/mol. The van der Waals surface area contributed by atoms with E-state index in [9.17, 15) is 4.39 Å². The van der Waals surface area contributed by atoms with Gasteiger partial charge in [0.25, 0.3) is 0 Å². The molecule has 1 unspecified atom stereocenters. The first kappa shape index (κ1) is 23.6. The van der Waals surface area contributed by atoms with Crippen LogP contribution in [-0.2, 0) is 19.4 Å². The summed E-state index contributed by atoms with van der Waals surface area (Å²) in [5.41, 5.74) is 1.56. The maximum atomic E-state index is 13.9. The van der Waals surface area contributed by atoms with Crippen molar-refractivity contribution in [2.45, 2.75) is 65.5 Å². The summed E-state index contributed by atoms with van der Waals surface area (Å²) >= 11 is 0. The third-order valence-electron chi connectivity index (χ3n) is 5.18. The Morgan fingerprint density at radius 2 is 2.10 bits per heavy atom. The molecule has 1 aromatic heterocycles. The van der Waals surface area contributed by atoms with E-state index in [1.807, 2.05) is 26.0 Å². The van der Waals surface area contributed by atoms with Crippen molar-refractivity contribution in [1.29, 1.82) is 0 Å². The smallest absolute Gasteiger partial charge is 0.191 e. The van der Waals surface area contributed by atoms with Gasteiger partial charge in [0.05, 0.1) is 6.04 Å². The van der Waals surface area contributed by atoms with Crippen molar-refractivity contribution < 1.29 is 4.39 Å². The van der Waals surface area contributed by atoms with Crippen molar-refractivity contribution in [3.63, 3.8) is 0 Å². The minimum absolute atomic E-state index is 0. The molecule has 6 nitrogen and oxygen atoms in total. The molecule has 2 heterocycles. The fraction of sp³-hybridized carbons (Fsp3) is 0.571. The molecule has 160 valence electrons. The Labute approximate surface area is 189 Å². The number of halogens is 2. The van der Waals surface area contributed by atoms with Gasteiger partial charge in [0.2, 0.25) is 0 Å². The van der Waals surface area contributed by atoms with Gasteiger partial charge in [-0.2, -0.15) is 0 Å². The van der Waals surface area contributed by atoms with E-state index in [1.54, 1.807) is 13.0 Å². The Bertz CT molecular complexity index is 819. The number of aromatic nitrogens is 3. The van der Waals surface area contributed by atoms with E-state index in [1.165, 1.54) is 19.3 Å². The summed E-state index contributed by atoms with van der Waals surface area (Å²) in [6.07, 6.45) is 5.42. The van der Waals surface area contributed by atoms with Gasteiger partial charge in [0, 0.05) is 32.5 Å². The zero-order valence-electron chi connectivity index (χ0n) is 17.5. The molecule has 1 aliphatic rings. The normalized spacial score (nSPS) is 15.1. The van der Waals surface area contributed by atoms with Gasteiger partial charge in [-0.05, 0) is 50.8 Å². The Kier molecular flexibility index (Phi) is 9.32. The van der Waals surface area contributed by atoms with Crippen LogP contribution < -0.4 is 10.6 Å². The Balaban J connectivity index is 0.00000300. The van der Waals surface area contributed by atoms with Crippen LogP contribution in [0.4, 0.5) is 4.39 Å². The second-order valence-corrected chi connectivity index (χ2v) is 7.38. The molecule has 0 fully saturated rings. The lowest BCUT2D eigenvalue weighted by Crippen LogP contribution is -2.39. The van der Waals surface area contributed by atoms with Crippen molar-refractivity contribution in [2.24, 2.45) is 4.99 Å². The van der Waals surface area contributed by atoms with Gasteiger partial charge in [-0.1, -0.05) is 18.6 Å². The van der Waals surface area contributed by atoms with Crippen molar-refractivity contribution in [1.82, 2.24) is 25.4 Å². The van der Waals surface area contributed by atoms with Crippen molar-refractivity contribution >= 4 is 29.9 Å². The summed E-state index contributed by atoms with van der Waals surface area (Å²) in [7, 11) is 0. The molecular formula is C21H32FIN6. The summed E-state index contributed by atoms with van der Waals surface area (Å²) in [6, 6.07) is 5.30. The van der Waals surface area contributed by atoms with Crippen molar-refractivity contribution in [3.8, 4) is 0 Å². The Hall–Kier alpha value is -1.71. The molecule has 0 radical (unpaired) electrons. The van der Waals surface area contributed by atoms with Gasteiger partial charge in [0.15, 0.2) is 5.96 Å². The van der Waals surface area contributed by atoms with E-state index < -0.39 is 0 Å². The second-order valence-electron chi connectivity index (χ2n) is 7.38. The fourth-order valence-electron chi connectivity index (χ4n) is 3.48. The molecule has 0 spiro atoms. The molecule has 2 aromatic rings. The largest absolute Gasteiger partial charge is 0.357 e. The minimum Gasteiger partial charge on any atom is -0.357 e. The molecule has 0 amide bonds. The first-order valence-electron chi connectivity index (χ1n) is 10.3. The number of benzene rings is 1. The topological polar surface area (TPSA) is 67.1 Å². The standard InChI is InChI=1S/C21H31FN6.HI/c1-4-23-21(25-16(3)17-10-9-15(2)18(22)14-17)24-12-11-20-27-26-19-8-6-5-7-13-28(19)20;/h9-10,14,16H,4-8,11-13H2,1-3H3,(H2,23,24,25);1H. The molecule has 1 atom stereocenters. The highest BCUT2D eigenvalue weighted by atomic mass is 127. The third kappa shape index (κ3) is 6.38. The number of rotatable bonds is 6. The van der Waals surface area contributed by atoms with Crippen LogP contribution in [0, 0.1) is 12.7 Å². The highest BCUT2D eigenvalue weighted by molar-refractivity contribution is 14.0. The fourth-order valence-corrected chi connectivity index (χ4v) is 3.48. The van der Waals surface area contributed by atoms with E-state index in [0.29, 0.717) is 12.1 Å². The van der Waals surface area contributed by atoms with E-state index in [0.717, 1.165) is 49.1 Å². The molecule has 1 aromatic carbocycles. The van der Waals surface area contributed by atoms with E-state index >= 15 is 0 Å². The van der Waals surface area contributed by atoms with Gasteiger partial charge in [0.1, 0.15) is 17.5 Å². The van der Waals surface area contributed by atoms with Crippen LogP contribution in [0.25, 0.3) is 0 Å². The van der Waals surface area contributed by atoms with Crippen LogP contribution in [0.2, 0.25) is 0 Å². The van der Waals surface area contributed by atoms with Crippen LogP contribution in [0.1, 0.15) is 61.9 Å². The average Bonchev–Trinajstić information content (AvgIpc) is 2.90. The summed E-state index contributed by atoms with van der Waals surface area (Å²) in [5, 5.41) is 15.3. The zero-order valence-corrected chi connectivity index (χ0v) is 19.9. The lowest BCUT2D eigenvalue weighted by atomic mass is 10.1. The minimum atomic E-state index is -0.180. The SMILES string of the molecule is CCNC(=NCCc1nnc2n1CCCCC2)NC(C)c1ccc(C)c(F)c1.I. The van der Waals surface area contributed by atoms with Gasteiger partial charge in [-0.3, -0.25) is 4.99 Å². The molecule has 0 aliphatic carbocycles. The maximum Gasteiger partial charge on any atom is 0.191 e. The molecule has 0 saturated carbocycles. The Morgan fingerprint density at radius 1 is 1.28 bits per heavy atom. The van der Waals surface area contributed by atoms with Crippen LogP contribution in [0.5, 0.6) is 0 Å². The molecule has 1 aliphatic heterocycles. The second kappa shape index (κ2) is 11.5. The van der Waals surface area contributed by atoms with Crippen LogP contribution >= 0.6 is 24.0 Å². The highest BCUT2D eigenvalue weighted by Crippen LogP contribution is 2.17. The van der Waals surface area contributed by atoms with Crippen molar-refractivity contribution in [2.75, 3.05) is 13.1 Å². The number of hydrogen-bond donors (Lipinski definition) is 2. The molecule has 0 saturated heterocycles. The Morgan fingerprint density at radius 3 is 2.86 bits per heavy atom. The molecule has 29 heavy (non-hydrogen) atoms. The maximum absolute atomic E-state index is 13.9. The molecule has 3 rings (SSSR count). The van der Waals surface area contributed by atoms with E-state index in [2.05, 4.69) is 30.4 Å². The lowest BCUT2D eigenvalue weighted by molar-refractivity contribution is 0.602. The first-order chi connectivity index (χ1) is 13.6. The predicted octanol–water partition coefficient (Wildman–Crippen LogP) is 3.93.